The number of hydrogen-bond donors (Lipinski definition) is 1. The van der Waals surface area contributed by atoms with Crippen molar-refractivity contribution >= 4 is 12.0 Å². The third-order valence-electron chi connectivity index (χ3n) is 5.19. The Bertz CT molecular complexity index is 375. The van der Waals surface area contributed by atoms with Crippen molar-refractivity contribution in [3.63, 3.8) is 0 Å². The third-order valence-corrected chi connectivity index (χ3v) is 5.19. The van der Waals surface area contributed by atoms with Crippen LogP contribution >= 0.6 is 0 Å². The van der Waals surface area contributed by atoms with Crippen molar-refractivity contribution in [1.29, 1.82) is 0 Å². The van der Waals surface area contributed by atoms with Gasteiger partial charge in [-0.3, -0.25) is 4.79 Å². The summed E-state index contributed by atoms with van der Waals surface area (Å²) >= 11 is 0. The van der Waals surface area contributed by atoms with E-state index in [1.165, 1.54) is 94.8 Å². The van der Waals surface area contributed by atoms with E-state index in [0.717, 1.165) is 12.8 Å². The minimum Gasteiger partial charge on any atom is -0.449 e. The SMILES string of the molecule is CCCCCCCCCCCCCCCCCCOC(=O)N(C)CC(=O)NC. The third kappa shape index (κ3) is 18.1. The number of unbranched alkanes of at least 4 members (excludes halogenated alkanes) is 15. The molecule has 0 heterocycles. The van der Waals surface area contributed by atoms with Crippen molar-refractivity contribution in [3.05, 3.63) is 0 Å². The summed E-state index contributed by atoms with van der Waals surface area (Å²) in [5.74, 6) is -0.193. The number of ether oxygens (including phenoxy) is 1. The van der Waals surface area contributed by atoms with Crippen LogP contribution in [0.2, 0.25) is 0 Å². The minimum atomic E-state index is -0.426. The van der Waals surface area contributed by atoms with Gasteiger partial charge in [-0.15, -0.1) is 0 Å². The summed E-state index contributed by atoms with van der Waals surface area (Å²) in [7, 11) is 3.13. The predicted molar refractivity (Wildman–Crippen MR) is 118 cm³/mol. The normalized spacial score (nSPS) is 10.7. The summed E-state index contributed by atoms with van der Waals surface area (Å²) in [5, 5.41) is 2.49. The maximum absolute atomic E-state index is 11.7. The van der Waals surface area contributed by atoms with Gasteiger partial charge in [-0.05, 0) is 6.42 Å². The first-order valence-electron chi connectivity index (χ1n) is 11.7. The second-order valence-corrected chi connectivity index (χ2v) is 7.95. The van der Waals surface area contributed by atoms with Crippen LogP contribution in [-0.4, -0.2) is 44.1 Å². The van der Waals surface area contributed by atoms with Crippen molar-refractivity contribution in [1.82, 2.24) is 10.2 Å². The highest BCUT2D eigenvalue weighted by atomic mass is 16.6. The van der Waals surface area contributed by atoms with Crippen LogP contribution in [0.25, 0.3) is 0 Å². The summed E-state index contributed by atoms with van der Waals surface area (Å²) in [6, 6.07) is 0. The highest BCUT2D eigenvalue weighted by molar-refractivity contribution is 5.81. The van der Waals surface area contributed by atoms with E-state index in [4.69, 9.17) is 4.74 Å². The summed E-state index contributed by atoms with van der Waals surface area (Å²) in [5.41, 5.74) is 0. The average molecular weight is 399 g/mol. The van der Waals surface area contributed by atoms with Crippen LogP contribution < -0.4 is 5.32 Å². The number of carbonyl (C=O) groups excluding carboxylic acids is 2. The smallest absolute Gasteiger partial charge is 0.409 e. The molecule has 0 rings (SSSR count). The molecule has 0 radical (unpaired) electrons. The van der Waals surface area contributed by atoms with E-state index in [2.05, 4.69) is 12.2 Å². The van der Waals surface area contributed by atoms with E-state index in [0.29, 0.717) is 6.61 Å². The molecule has 0 bridgehead atoms. The molecule has 0 aliphatic heterocycles. The van der Waals surface area contributed by atoms with E-state index in [1.807, 2.05) is 0 Å². The van der Waals surface area contributed by atoms with E-state index < -0.39 is 6.09 Å². The summed E-state index contributed by atoms with van der Waals surface area (Å²) in [6.07, 6.45) is 20.8. The lowest BCUT2D eigenvalue weighted by atomic mass is 10.0. The second kappa shape index (κ2) is 20.5. The molecule has 0 saturated heterocycles. The lowest BCUT2D eigenvalue weighted by molar-refractivity contribution is -0.121. The largest absolute Gasteiger partial charge is 0.449 e. The van der Waals surface area contributed by atoms with Crippen molar-refractivity contribution < 1.29 is 14.3 Å². The molecule has 166 valence electrons. The van der Waals surface area contributed by atoms with Crippen molar-refractivity contribution in [2.24, 2.45) is 0 Å². The highest BCUT2D eigenvalue weighted by Gasteiger charge is 2.12. The second-order valence-electron chi connectivity index (χ2n) is 7.95. The van der Waals surface area contributed by atoms with Crippen molar-refractivity contribution in [3.8, 4) is 0 Å². The number of carbonyl (C=O) groups is 2. The molecule has 5 heteroatoms. The average Bonchev–Trinajstić information content (AvgIpc) is 2.69. The predicted octanol–water partition coefficient (Wildman–Crippen LogP) is 6.06. The Kier molecular flexibility index (Phi) is 19.6. The Hall–Kier alpha value is -1.26. The molecular weight excluding hydrogens is 352 g/mol. The highest BCUT2D eigenvalue weighted by Crippen LogP contribution is 2.13. The van der Waals surface area contributed by atoms with Gasteiger partial charge in [0.25, 0.3) is 0 Å². The topological polar surface area (TPSA) is 58.6 Å². The van der Waals surface area contributed by atoms with E-state index >= 15 is 0 Å². The minimum absolute atomic E-state index is 0.0360. The maximum Gasteiger partial charge on any atom is 0.409 e. The molecular formula is C23H46N2O3. The molecule has 0 aliphatic rings. The van der Waals surface area contributed by atoms with Gasteiger partial charge in [0.15, 0.2) is 0 Å². The molecule has 1 N–H and O–H groups in total. The van der Waals surface area contributed by atoms with Crippen LogP contribution in [-0.2, 0) is 9.53 Å². The van der Waals surface area contributed by atoms with Gasteiger partial charge in [0, 0.05) is 14.1 Å². The Morgan fingerprint density at radius 1 is 0.714 bits per heavy atom. The molecule has 0 aromatic heterocycles. The number of hydrogen-bond acceptors (Lipinski definition) is 3. The quantitative estimate of drug-likeness (QED) is 0.269. The molecule has 0 spiro atoms. The van der Waals surface area contributed by atoms with Crippen molar-refractivity contribution in [2.75, 3.05) is 27.2 Å². The molecule has 0 saturated carbocycles. The fourth-order valence-corrected chi connectivity index (χ4v) is 3.28. The zero-order chi connectivity index (χ0) is 20.9. The monoisotopic (exact) mass is 398 g/mol. The molecule has 0 unspecified atom stereocenters. The molecule has 0 fully saturated rings. The summed E-state index contributed by atoms with van der Waals surface area (Å²) < 4.78 is 5.18. The number of nitrogens with zero attached hydrogens (tertiary/aromatic N) is 1. The number of amides is 2. The number of nitrogens with one attached hydrogen (secondary N) is 1. The fraction of sp³-hybridized carbons (Fsp3) is 0.913. The van der Waals surface area contributed by atoms with Gasteiger partial charge < -0.3 is 15.0 Å². The maximum atomic E-state index is 11.7. The van der Waals surface area contributed by atoms with Crippen LogP contribution in [0.5, 0.6) is 0 Å². The Balaban J connectivity index is 3.23. The van der Waals surface area contributed by atoms with E-state index in [9.17, 15) is 9.59 Å². The van der Waals surface area contributed by atoms with Gasteiger partial charge in [-0.25, -0.2) is 4.79 Å². The van der Waals surface area contributed by atoms with Gasteiger partial charge in [-0.1, -0.05) is 103 Å². The lowest BCUT2D eigenvalue weighted by Crippen LogP contribution is -2.37. The number of rotatable bonds is 19. The number of likely N-dealkylation sites (N-methyl/N-ethyl adjacent to an activating group) is 2. The molecule has 2 amide bonds. The zero-order valence-electron chi connectivity index (χ0n) is 18.9. The molecule has 0 aromatic carbocycles. The summed E-state index contributed by atoms with van der Waals surface area (Å²) in [4.78, 5) is 24.2. The van der Waals surface area contributed by atoms with Crippen LogP contribution in [0.4, 0.5) is 4.79 Å². The Morgan fingerprint density at radius 3 is 1.50 bits per heavy atom. The fourth-order valence-electron chi connectivity index (χ4n) is 3.28. The van der Waals surface area contributed by atoms with Crippen molar-refractivity contribution in [2.45, 2.75) is 110 Å². The van der Waals surface area contributed by atoms with Gasteiger partial charge in [0.2, 0.25) is 5.91 Å². The molecule has 28 heavy (non-hydrogen) atoms. The molecule has 5 nitrogen and oxygen atoms in total. The van der Waals surface area contributed by atoms with E-state index in [-0.39, 0.29) is 12.5 Å². The van der Waals surface area contributed by atoms with Crippen LogP contribution in [0.3, 0.4) is 0 Å². The van der Waals surface area contributed by atoms with Gasteiger partial charge in [-0.2, -0.15) is 0 Å². The van der Waals surface area contributed by atoms with Crippen LogP contribution in [0.1, 0.15) is 110 Å². The first kappa shape index (κ1) is 26.7. The van der Waals surface area contributed by atoms with E-state index in [1.54, 1.807) is 14.1 Å². The first-order valence-corrected chi connectivity index (χ1v) is 11.7. The molecule has 0 aromatic rings. The van der Waals surface area contributed by atoms with Gasteiger partial charge in [0.1, 0.15) is 6.54 Å². The first-order chi connectivity index (χ1) is 13.6. The van der Waals surface area contributed by atoms with Crippen LogP contribution in [0.15, 0.2) is 0 Å². The molecule has 0 atom stereocenters. The summed E-state index contributed by atoms with van der Waals surface area (Å²) in [6.45, 7) is 2.75. The Morgan fingerprint density at radius 2 is 1.11 bits per heavy atom. The zero-order valence-corrected chi connectivity index (χ0v) is 18.9. The lowest BCUT2D eigenvalue weighted by Gasteiger charge is -2.15. The standard InChI is InChI=1S/C23H46N2O3/c1-4-5-6-7-8-9-10-11-12-13-14-15-16-17-18-19-20-28-23(27)25(3)21-22(26)24-2/h4-21H2,1-3H3,(H,24,26). The van der Waals surface area contributed by atoms with Gasteiger partial charge in [0.05, 0.1) is 6.61 Å². The Labute approximate surface area is 174 Å². The van der Waals surface area contributed by atoms with Crippen LogP contribution in [0, 0.1) is 0 Å². The molecule has 0 aliphatic carbocycles. The van der Waals surface area contributed by atoms with Gasteiger partial charge >= 0.3 is 6.09 Å².